The highest BCUT2D eigenvalue weighted by Crippen LogP contribution is 2.29. The summed E-state index contributed by atoms with van der Waals surface area (Å²) in [4.78, 5) is 28.7. The van der Waals surface area contributed by atoms with E-state index in [1.807, 2.05) is 0 Å². The summed E-state index contributed by atoms with van der Waals surface area (Å²) < 4.78 is 13.3. The maximum atomic E-state index is 13.3. The molecule has 2 fully saturated rings. The van der Waals surface area contributed by atoms with Gasteiger partial charge in [0, 0.05) is 31.7 Å². The van der Waals surface area contributed by atoms with Crippen molar-refractivity contribution < 1.29 is 14.0 Å². The van der Waals surface area contributed by atoms with Gasteiger partial charge >= 0.3 is 0 Å². The van der Waals surface area contributed by atoms with E-state index in [1.54, 1.807) is 15.9 Å². The summed E-state index contributed by atoms with van der Waals surface area (Å²) in [6.07, 6.45) is 4.20. The van der Waals surface area contributed by atoms with Gasteiger partial charge in [0.25, 0.3) is 5.91 Å². The van der Waals surface area contributed by atoms with E-state index in [1.165, 1.54) is 18.2 Å². The summed E-state index contributed by atoms with van der Waals surface area (Å²) >= 11 is 0. The van der Waals surface area contributed by atoms with Gasteiger partial charge in [-0.1, -0.05) is 18.9 Å². The van der Waals surface area contributed by atoms with E-state index in [0.717, 1.165) is 25.7 Å². The minimum absolute atomic E-state index is 0. The number of amides is 2. The summed E-state index contributed by atoms with van der Waals surface area (Å²) in [5.41, 5.74) is 5.90. The topological polar surface area (TPSA) is 66.6 Å². The van der Waals surface area contributed by atoms with Crippen molar-refractivity contribution in [3.05, 3.63) is 35.6 Å². The molecule has 0 aromatic heterocycles. The summed E-state index contributed by atoms with van der Waals surface area (Å²) in [7, 11) is 0. The number of nitrogens with two attached hydrogens (primary N) is 1. The van der Waals surface area contributed by atoms with Gasteiger partial charge in [-0.3, -0.25) is 9.59 Å². The van der Waals surface area contributed by atoms with E-state index >= 15 is 0 Å². The number of hydrogen-bond donors (Lipinski definition) is 1. The van der Waals surface area contributed by atoms with Crippen molar-refractivity contribution in [1.82, 2.24) is 9.80 Å². The summed E-state index contributed by atoms with van der Waals surface area (Å²) in [6, 6.07) is 5.73. The Kier molecular flexibility index (Phi) is 6.41. The molecule has 1 saturated carbocycles. The van der Waals surface area contributed by atoms with Crippen molar-refractivity contribution in [2.75, 3.05) is 26.2 Å². The molecule has 3 rings (SSSR count). The first-order valence-corrected chi connectivity index (χ1v) is 8.63. The molecule has 1 heterocycles. The number of carbonyl (C=O) groups is 2. The van der Waals surface area contributed by atoms with E-state index in [4.69, 9.17) is 5.73 Å². The van der Waals surface area contributed by atoms with Crippen LogP contribution in [0.5, 0.6) is 0 Å². The number of rotatable bonds is 2. The molecule has 1 aliphatic heterocycles. The predicted octanol–water partition coefficient (Wildman–Crippen LogP) is 2.19. The molecule has 138 valence electrons. The quantitative estimate of drug-likeness (QED) is 0.869. The Labute approximate surface area is 153 Å². The molecule has 7 heteroatoms. The number of hydrogen-bond acceptors (Lipinski definition) is 3. The molecule has 1 aliphatic carbocycles. The van der Waals surface area contributed by atoms with Crippen LogP contribution in [-0.2, 0) is 4.79 Å². The highest BCUT2D eigenvalue weighted by atomic mass is 35.5. The Balaban J connectivity index is 0.00000225. The van der Waals surface area contributed by atoms with Crippen LogP contribution < -0.4 is 5.73 Å². The van der Waals surface area contributed by atoms with Gasteiger partial charge in [-0.25, -0.2) is 4.39 Å². The highest BCUT2D eigenvalue weighted by molar-refractivity contribution is 5.94. The van der Waals surface area contributed by atoms with Gasteiger partial charge in [0.15, 0.2) is 0 Å². The second-order valence-corrected chi connectivity index (χ2v) is 6.81. The van der Waals surface area contributed by atoms with Crippen LogP contribution in [-0.4, -0.2) is 53.3 Å². The molecule has 0 atom stereocenters. The third kappa shape index (κ3) is 4.30. The van der Waals surface area contributed by atoms with Crippen LogP contribution in [0.4, 0.5) is 4.39 Å². The second-order valence-electron chi connectivity index (χ2n) is 6.81. The molecule has 0 bridgehead atoms. The average molecular weight is 370 g/mol. The first-order chi connectivity index (χ1) is 11.5. The third-order valence-corrected chi connectivity index (χ3v) is 5.06. The van der Waals surface area contributed by atoms with Crippen molar-refractivity contribution >= 4 is 24.2 Å². The van der Waals surface area contributed by atoms with Crippen LogP contribution in [0.2, 0.25) is 0 Å². The van der Waals surface area contributed by atoms with Crippen molar-refractivity contribution in [3.63, 3.8) is 0 Å². The largest absolute Gasteiger partial charge is 0.339 e. The van der Waals surface area contributed by atoms with E-state index in [9.17, 15) is 14.0 Å². The molecule has 25 heavy (non-hydrogen) atoms. The van der Waals surface area contributed by atoms with Gasteiger partial charge in [0.1, 0.15) is 5.82 Å². The standard InChI is InChI=1S/C18H24FN3O2.ClH/c19-15-6-3-5-14(13-15)16(23)21-9-4-10-22(12-11-21)17(24)18(20)7-1-2-8-18;/h3,5-6,13H,1-2,4,7-12,20H2;1H. The molecule has 1 saturated heterocycles. The van der Waals surface area contributed by atoms with Gasteiger partial charge in [-0.2, -0.15) is 0 Å². The number of benzene rings is 1. The van der Waals surface area contributed by atoms with E-state index in [2.05, 4.69) is 0 Å². The van der Waals surface area contributed by atoms with Gasteiger partial charge in [-0.05, 0) is 37.5 Å². The smallest absolute Gasteiger partial charge is 0.254 e. The molecule has 1 aromatic carbocycles. The lowest BCUT2D eigenvalue weighted by atomic mass is 9.97. The Morgan fingerprint density at radius 3 is 2.32 bits per heavy atom. The number of carbonyl (C=O) groups excluding carboxylic acids is 2. The van der Waals surface area contributed by atoms with Crippen LogP contribution >= 0.6 is 12.4 Å². The first-order valence-electron chi connectivity index (χ1n) is 8.63. The van der Waals surface area contributed by atoms with Crippen LogP contribution in [0.3, 0.4) is 0 Å². The number of nitrogens with zero attached hydrogens (tertiary/aromatic N) is 2. The number of halogens is 2. The van der Waals surface area contributed by atoms with Crippen molar-refractivity contribution in [2.45, 2.75) is 37.6 Å². The molecular formula is C18H25ClFN3O2. The minimum atomic E-state index is -0.720. The fourth-order valence-electron chi connectivity index (χ4n) is 3.66. The van der Waals surface area contributed by atoms with E-state index in [-0.39, 0.29) is 24.2 Å². The van der Waals surface area contributed by atoms with Gasteiger partial charge in [0.05, 0.1) is 5.54 Å². The van der Waals surface area contributed by atoms with E-state index < -0.39 is 11.4 Å². The zero-order valence-corrected chi connectivity index (χ0v) is 15.1. The normalized spacial score (nSPS) is 19.9. The Bertz CT molecular complexity index is 635. The molecule has 1 aromatic rings. The van der Waals surface area contributed by atoms with Gasteiger partial charge < -0.3 is 15.5 Å². The fourth-order valence-corrected chi connectivity index (χ4v) is 3.66. The second kappa shape index (κ2) is 8.15. The lowest BCUT2D eigenvalue weighted by Crippen LogP contribution is -2.54. The first kappa shape index (κ1) is 19.7. The zero-order chi connectivity index (χ0) is 17.2. The Morgan fingerprint density at radius 2 is 1.64 bits per heavy atom. The van der Waals surface area contributed by atoms with Crippen LogP contribution in [0.25, 0.3) is 0 Å². The zero-order valence-electron chi connectivity index (χ0n) is 14.2. The average Bonchev–Trinajstić information content (AvgIpc) is 2.88. The SMILES string of the molecule is Cl.NC1(C(=O)N2CCCN(C(=O)c3cccc(F)c3)CC2)CCCC1. The van der Waals surface area contributed by atoms with Crippen molar-refractivity contribution in [3.8, 4) is 0 Å². The monoisotopic (exact) mass is 369 g/mol. The predicted molar refractivity (Wildman–Crippen MR) is 96.1 cm³/mol. The van der Waals surface area contributed by atoms with Gasteiger partial charge in [-0.15, -0.1) is 12.4 Å². The minimum Gasteiger partial charge on any atom is -0.339 e. The molecule has 2 amide bonds. The molecule has 2 N–H and O–H groups in total. The third-order valence-electron chi connectivity index (χ3n) is 5.06. The maximum Gasteiger partial charge on any atom is 0.254 e. The summed E-state index contributed by atoms with van der Waals surface area (Å²) in [6.45, 7) is 2.12. The Morgan fingerprint density at radius 1 is 1.00 bits per heavy atom. The molecule has 2 aliphatic rings. The van der Waals surface area contributed by atoms with Crippen LogP contribution in [0.1, 0.15) is 42.5 Å². The van der Waals surface area contributed by atoms with Gasteiger partial charge in [0.2, 0.25) is 5.91 Å². The lowest BCUT2D eigenvalue weighted by Gasteiger charge is -2.30. The summed E-state index contributed by atoms with van der Waals surface area (Å²) in [5, 5.41) is 0. The highest BCUT2D eigenvalue weighted by Gasteiger charge is 2.40. The van der Waals surface area contributed by atoms with Crippen molar-refractivity contribution in [2.24, 2.45) is 5.73 Å². The maximum absolute atomic E-state index is 13.3. The van der Waals surface area contributed by atoms with Crippen LogP contribution in [0, 0.1) is 5.82 Å². The van der Waals surface area contributed by atoms with Crippen molar-refractivity contribution in [1.29, 1.82) is 0 Å². The van der Waals surface area contributed by atoms with Crippen LogP contribution in [0.15, 0.2) is 24.3 Å². The Hall–Kier alpha value is -1.66. The molecule has 0 unspecified atom stereocenters. The summed E-state index contributed by atoms with van der Waals surface area (Å²) in [5.74, 6) is -0.592. The molecule has 5 nitrogen and oxygen atoms in total. The van der Waals surface area contributed by atoms with E-state index in [0.29, 0.717) is 38.2 Å². The lowest BCUT2D eigenvalue weighted by molar-refractivity contribution is -0.136. The molecular weight excluding hydrogens is 345 g/mol. The molecule has 0 spiro atoms. The molecule has 0 radical (unpaired) electrons. The fraction of sp³-hybridized carbons (Fsp3) is 0.556.